The monoisotopic (exact) mass is 212 g/mol. The number of carbonyl (C=O) groups excluding carboxylic acids is 1. The number of allylic oxidation sites excluding steroid dienone is 2. The van der Waals surface area contributed by atoms with Crippen LogP contribution in [-0.4, -0.2) is 40.4 Å². The summed E-state index contributed by atoms with van der Waals surface area (Å²) in [4.78, 5) is 11.8. The molecule has 0 amide bonds. The minimum absolute atomic E-state index is 0.00785. The summed E-state index contributed by atoms with van der Waals surface area (Å²) in [5, 5.41) is 18.7. The lowest BCUT2D eigenvalue weighted by atomic mass is 9.79. The first kappa shape index (κ1) is 12.1. The van der Waals surface area contributed by atoms with E-state index in [-0.39, 0.29) is 19.0 Å². The summed E-state index contributed by atoms with van der Waals surface area (Å²) in [5.41, 5.74) is -2.72. The van der Waals surface area contributed by atoms with Gasteiger partial charge in [0.25, 0.3) is 0 Å². The van der Waals surface area contributed by atoms with Crippen LogP contribution < -0.4 is 0 Å². The molecule has 0 aromatic carbocycles. The van der Waals surface area contributed by atoms with Crippen molar-refractivity contribution in [3.63, 3.8) is 0 Å². The Kier molecular flexibility index (Phi) is 3.44. The van der Waals surface area contributed by atoms with Crippen molar-refractivity contribution < 1.29 is 19.7 Å². The average Bonchev–Trinajstić information content (AvgIpc) is 2.15. The van der Waals surface area contributed by atoms with Crippen LogP contribution >= 0.6 is 0 Å². The zero-order valence-corrected chi connectivity index (χ0v) is 8.93. The Balaban J connectivity index is 3.01. The van der Waals surface area contributed by atoms with E-state index in [4.69, 9.17) is 9.84 Å². The second-order valence-electron chi connectivity index (χ2n) is 3.95. The van der Waals surface area contributed by atoms with Crippen LogP contribution in [0, 0.1) is 0 Å². The Bertz CT molecular complexity index is 298. The summed E-state index contributed by atoms with van der Waals surface area (Å²) in [6.07, 6.45) is 6.12. The minimum Gasteiger partial charge on any atom is -0.394 e. The van der Waals surface area contributed by atoms with Gasteiger partial charge < -0.3 is 14.9 Å². The molecule has 0 saturated carbocycles. The van der Waals surface area contributed by atoms with E-state index in [1.54, 1.807) is 12.2 Å². The molecule has 0 bridgehead atoms. The second kappa shape index (κ2) is 4.26. The molecule has 0 radical (unpaired) electrons. The van der Waals surface area contributed by atoms with Crippen molar-refractivity contribution in [2.75, 3.05) is 13.2 Å². The van der Waals surface area contributed by atoms with E-state index in [9.17, 15) is 9.90 Å². The third-order valence-corrected chi connectivity index (χ3v) is 2.39. The zero-order chi connectivity index (χ0) is 11.5. The number of ether oxygens (including phenoxy) is 1. The number of carbonyl (C=O) groups is 1. The van der Waals surface area contributed by atoms with E-state index in [1.807, 2.05) is 0 Å². The zero-order valence-electron chi connectivity index (χ0n) is 8.93. The summed E-state index contributed by atoms with van der Waals surface area (Å²) in [5.74, 6) is -0.314. The molecule has 4 nitrogen and oxygen atoms in total. The van der Waals surface area contributed by atoms with Gasteiger partial charge in [-0.25, -0.2) is 0 Å². The quantitative estimate of drug-likeness (QED) is 0.698. The van der Waals surface area contributed by atoms with E-state index in [1.165, 1.54) is 26.0 Å². The molecule has 1 aliphatic rings. The number of hydrogen-bond donors (Lipinski definition) is 2. The normalized spacial score (nSPS) is 26.0. The topological polar surface area (TPSA) is 66.8 Å². The highest BCUT2D eigenvalue weighted by Crippen LogP contribution is 2.31. The number of aliphatic hydroxyl groups excluding tert-OH is 1. The first-order valence-corrected chi connectivity index (χ1v) is 4.81. The predicted octanol–water partition coefficient (Wildman–Crippen LogP) is 0.200. The molecule has 0 fully saturated rings. The molecule has 1 unspecified atom stereocenters. The Labute approximate surface area is 88.9 Å². The Morgan fingerprint density at radius 1 is 1.47 bits per heavy atom. The van der Waals surface area contributed by atoms with Gasteiger partial charge in [0.2, 0.25) is 0 Å². The number of rotatable bonds is 4. The van der Waals surface area contributed by atoms with Crippen LogP contribution in [-0.2, 0) is 9.53 Å². The van der Waals surface area contributed by atoms with Gasteiger partial charge in [-0.1, -0.05) is 12.2 Å². The van der Waals surface area contributed by atoms with Crippen LogP contribution in [0.1, 0.15) is 13.8 Å². The molecule has 15 heavy (non-hydrogen) atoms. The van der Waals surface area contributed by atoms with E-state index >= 15 is 0 Å². The molecule has 0 heterocycles. The second-order valence-corrected chi connectivity index (χ2v) is 3.95. The largest absolute Gasteiger partial charge is 0.394 e. The predicted molar refractivity (Wildman–Crippen MR) is 55.4 cm³/mol. The maximum Gasteiger partial charge on any atom is 0.194 e. The lowest BCUT2D eigenvalue weighted by Crippen LogP contribution is -2.57. The van der Waals surface area contributed by atoms with Gasteiger partial charge in [0.15, 0.2) is 11.4 Å². The van der Waals surface area contributed by atoms with Gasteiger partial charge in [0.05, 0.1) is 18.8 Å². The van der Waals surface area contributed by atoms with Crippen LogP contribution in [0.25, 0.3) is 0 Å². The summed E-state index contributed by atoms with van der Waals surface area (Å²) in [7, 11) is 0. The maximum absolute atomic E-state index is 11.8. The SMILES string of the molecule is CC(C)(O)C1(OCCO)C=CC=CC1=O. The van der Waals surface area contributed by atoms with E-state index in [0.29, 0.717) is 0 Å². The molecule has 84 valence electrons. The molecule has 0 saturated heterocycles. The Morgan fingerprint density at radius 3 is 2.60 bits per heavy atom. The van der Waals surface area contributed by atoms with E-state index in [2.05, 4.69) is 0 Å². The van der Waals surface area contributed by atoms with Crippen LogP contribution in [0.15, 0.2) is 24.3 Å². The first-order chi connectivity index (χ1) is 6.94. The number of hydrogen-bond acceptors (Lipinski definition) is 4. The molecule has 4 heteroatoms. The summed E-state index contributed by atoms with van der Waals surface area (Å²) in [6, 6.07) is 0. The lowest BCUT2D eigenvalue weighted by molar-refractivity contribution is -0.165. The van der Waals surface area contributed by atoms with Crippen molar-refractivity contribution >= 4 is 5.78 Å². The van der Waals surface area contributed by atoms with Crippen molar-refractivity contribution in [1.82, 2.24) is 0 Å². The maximum atomic E-state index is 11.8. The molecular formula is C11H16O4. The van der Waals surface area contributed by atoms with Crippen LogP contribution in [0.2, 0.25) is 0 Å². The molecular weight excluding hydrogens is 196 g/mol. The van der Waals surface area contributed by atoms with Crippen LogP contribution in [0.4, 0.5) is 0 Å². The van der Waals surface area contributed by atoms with Gasteiger partial charge in [-0.05, 0) is 26.0 Å². The third kappa shape index (κ3) is 2.17. The van der Waals surface area contributed by atoms with Gasteiger partial charge in [-0.15, -0.1) is 0 Å². The van der Waals surface area contributed by atoms with Crippen molar-refractivity contribution in [2.24, 2.45) is 0 Å². The number of aliphatic hydroxyl groups is 2. The van der Waals surface area contributed by atoms with E-state index < -0.39 is 11.2 Å². The summed E-state index contributed by atoms with van der Waals surface area (Å²) in [6.45, 7) is 2.83. The summed E-state index contributed by atoms with van der Waals surface area (Å²) < 4.78 is 5.31. The van der Waals surface area contributed by atoms with Crippen molar-refractivity contribution in [2.45, 2.75) is 25.0 Å². The smallest absolute Gasteiger partial charge is 0.194 e. The van der Waals surface area contributed by atoms with Gasteiger partial charge in [-0.2, -0.15) is 0 Å². The van der Waals surface area contributed by atoms with Gasteiger partial charge >= 0.3 is 0 Å². The van der Waals surface area contributed by atoms with Crippen LogP contribution in [0.5, 0.6) is 0 Å². The highest BCUT2D eigenvalue weighted by Gasteiger charge is 2.49. The fourth-order valence-electron chi connectivity index (χ4n) is 1.55. The highest BCUT2D eigenvalue weighted by atomic mass is 16.5. The van der Waals surface area contributed by atoms with Crippen LogP contribution in [0.3, 0.4) is 0 Å². The summed E-state index contributed by atoms with van der Waals surface area (Å²) >= 11 is 0. The Hall–Kier alpha value is -0.970. The molecule has 1 atom stereocenters. The Morgan fingerprint density at radius 2 is 2.13 bits per heavy atom. The van der Waals surface area contributed by atoms with Crippen molar-refractivity contribution in [3.8, 4) is 0 Å². The molecule has 0 aromatic heterocycles. The van der Waals surface area contributed by atoms with Gasteiger partial charge in [0.1, 0.15) is 0 Å². The van der Waals surface area contributed by atoms with Crippen molar-refractivity contribution in [1.29, 1.82) is 0 Å². The van der Waals surface area contributed by atoms with E-state index in [0.717, 1.165) is 0 Å². The fraction of sp³-hybridized carbons (Fsp3) is 0.545. The fourth-order valence-corrected chi connectivity index (χ4v) is 1.55. The van der Waals surface area contributed by atoms with Crippen molar-refractivity contribution in [3.05, 3.63) is 24.3 Å². The molecule has 0 aromatic rings. The average molecular weight is 212 g/mol. The molecule has 0 spiro atoms. The third-order valence-electron chi connectivity index (χ3n) is 2.39. The number of ketones is 1. The molecule has 2 N–H and O–H groups in total. The first-order valence-electron chi connectivity index (χ1n) is 4.81. The van der Waals surface area contributed by atoms with Gasteiger partial charge in [0, 0.05) is 0 Å². The minimum atomic E-state index is -1.38. The molecule has 0 aliphatic heterocycles. The molecule has 1 aliphatic carbocycles. The lowest BCUT2D eigenvalue weighted by Gasteiger charge is -2.39. The van der Waals surface area contributed by atoms with Gasteiger partial charge in [-0.3, -0.25) is 4.79 Å². The highest BCUT2D eigenvalue weighted by molar-refractivity contribution is 6.01. The molecule has 1 rings (SSSR count). The standard InChI is InChI=1S/C11H16O4/c1-10(2,14)11(15-8-7-12)6-4-3-5-9(11)13/h3-6,12,14H,7-8H2,1-2H3.